The van der Waals surface area contributed by atoms with Gasteiger partial charge in [-0.05, 0) is 41.3 Å². The Morgan fingerprint density at radius 3 is 2.46 bits per heavy atom. The van der Waals surface area contributed by atoms with Crippen LogP contribution >= 0.6 is 0 Å². The predicted octanol–water partition coefficient (Wildman–Crippen LogP) is 4.32. The Balaban J connectivity index is 1.71. The zero-order valence-electron chi connectivity index (χ0n) is 14.2. The van der Waals surface area contributed by atoms with E-state index in [2.05, 4.69) is 31.4 Å². The molecule has 0 spiro atoms. The monoisotopic (exact) mass is 330 g/mol. The van der Waals surface area contributed by atoms with Crippen LogP contribution in [0.5, 0.6) is 5.75 Å². The fourth-order valence-corrected chi connectivity index (χ4v) is 2.13. The molecule has 0 radical (unpaired) electrons. The zero-order chi connectivity index (χ0) is 17.6. The number of rotatable bonds is 5. The van der Waals surface area contributed by atoms with Crippen LogP contribution in [0.4, 0.5) is 14.9 Å². The molecule has 0 aromatic heterocycles. The smallest absolute Gasteiger partial charge is 0.319 e. The molecule has 0 bridgehead atoms. The van der Waals surface area contributed by atoms with E-state index >= 15 is 0 Å². The molecule has 4 nitrogen and oxygen atoms in total. The summed E-state index contributed by atoms with van der Waals surface area (Å²) in [5, 5.41) is 5.22. The summed E-state index contributed by atoms with van der Waals surface area (Å²) in [6.07, 6.45) is 0. The van der Waals surface area contributed by atoms with Crippen LogP contribution in [-0.2, 0) is 5.41 Å². The van der Waals surface area contributed by atoms with Gasteiger partial charge in [0.05, 0.1) is 6.54 Å². The summed E-state index contributed by atoms with van der Waals surface area (Å²) in [6.45, 7) is 7.17. The molecular weight excluding hydrogens is 307 g/mol. The van der Waals surface area contributed by atoms with Crippen LogP contribution < -0.4 is 15.4 Å². The molecule has 2 N–H and O–H groups in total. The standard InChI is InChI=1S/C19H23FN2O2/c1-19(2,3)14-7-9-17(10-8-14)24-12-11-21-18(23)22-16-6-4-5-15(20)13-16/h4-10,13H,11-12H2,1-3H3,(H2,21,22,23). The molecule has 0 fully saturated rings. The molecule has 5 heteroatoms. The van der Waals surface area contributed by atoms with Crippen LogP contribution in [0.3, 0.4) is 0 Å². The fourth-order valence-electron chi connectivity index (χ4n) is 2.13. The molecule has 0 unspecified atom stereocenters. The average molecular weight is 330 g/mol. The van der Waals surface area contributed by atoms with Gasteiger partial charge in [0.2, 0.25) is 0 Å². The highest BCUT2D eigenvalue weighted by atomic mass is 19.1. The van der Waals surface area contributed by atoms with Crippen molar-refractivity contribution in [3.63, 3.8) is 0 Å². The molecule has 0 atom stereocenters. The molecule has 0 aliphatic heterocycles. The topological polar surface area (TPSA) is 50.4 Å². The molecule has 0 saturated carbocycles. The van der Waals surface area contributed by atoms with Crippen molar-refractivity contribution in [2.75, 3.05) is 18.5 Å². The third-order valence-corrected chi connectivity index (χ3v) is 3.46. The van der Waals surface area contributed by atoms with Crippen LogP contribution in [0.25, 0.3) is 0 Å². The molecule has 0 heterocycles. The number of benzene rings is 2. The van der Waals surface area contributed by atoms with Crippen molar-refractivity contribution in [3.8, 4) is 5.75 Å². The maximum absolute atomic E-state index is 13.0. The van der Waals surface area contributed by atoms with Gasteiger partial charge in [-0.3, -0.25) is 0 Å². The molecular formula is C19H23FN2O2. The Kier molecular flexibility index (Phi) is 5.79. The number of urea groups is 1. The quantitative estimate of drug-likeness (QED) is 0.802. The van der Waals surface area contributed by atoms with E-state index in [1.54, 1.807) is 6.07 Å². The summed E-state index contributed by atoms with van der Waals surface area (Å²) in [6, 6.07) is 13.3. The van der Waals surface area contributed by atoms with Crippen molar-refractivity contribution in [1.29, 1.82) is 0 Å². The molecule has 24 heavy (non-hydrogen) atoms. The van der Waals surface area contributed by atoms with Gasteiger partial charge < -0.3 is 15.4 Å². The third-order valence-electron chi connectivity index (χ3n) is 3.46. The Hall–Kier alpha value is -2.56. The summed E-state index contributed by atoms with van der Waals surface area (Å²) in [5.74, 6) is 0.366. The second kappa shape index (κ2) is 7.81. The maximum Gasteiger partial charge on any atom is 0.319 e. The normalized spacial score (nSPS) is 11.0. The minimum Gasteiger partial charge on any atom is -0.492 e. The molecule has 2 aromatic rings. The molecule has 0 aliphatic rings. The van der Waals surface area contributed by atoms with Crippen molar-refractivity contribution in [2.24, 2.45) is 0 Å². The molecule has 0 saturated heterocycles. The first kappa shape index (κ1) is 17.8. The van der Waals surface area contributed by atoms with E-state index in [-0.39, 0.29) is 5.41 Å². The Labute approximate surface area is 142 Å². The van der Waals surface area contributed by atoms with E-state index < -0.39 is 11.8 Å². The second-order valence-corrected chi connectivity index (χ2v) is 6.51. The highest BCUT2D eigenvalue weighted by molar-refractivity contribution is 5.89. The van der Waals surface area contributed by atoms with Crippen molar-refractivity contribution in [2.45, 2.75) is 26.2 Å². The van der Waals surface area contributed by atoms with Gasteiger partial charge in [0.25, 0.3) is 0 Å². The number of hydrogen-bond donors (Lipinski definition) is 2. The van der Waals surface area contributed by atoms with E-state index in [0.29, 0.717) is 18.8 Å². The average Bonchev–Trinajstić information content (AvgIpc) is 2.51. The minimum atomic E-state index is -0.396. The number of nitrogens with one attached hydrogen (secondary N) is 2. The van der Waals surface area contributed by atoms with E-state index in [0.717, 1.165) is 5.75 Å². The van der Waals surface area contributed by atoms with Gasteiger partial charge in [-0.1, -0.05) is 39.0 Å². The highest BCUT2D eigenvalue weighted by Crippen LogP contribution is 2.24. The zero-order valence-corrected chi connectivity index (χ0v) is 14.2. The number of ether oxygens (including phenoxy) is 1. The van der Waals surface area contributed by atoms with Crippen LogP contribution in [0.1, 0.15) is 26.3 Å². The van der Waals surface area contributed by atoms with E-state index in [4.69, 9.17) is 4.74 Å². The van der Waals surface area contributed by atoms with Crippen molar-refractivity contribution in [3.05, 3.63) is 59.9 Å². The third kappa shape index (κ3) is 5.57. The van der Waals surface area contributed by atoms with Crippen LogP contribution in [-0.4, -0.2) is 19.2 Å². The van der Waals surface area contributed by atoms with Crippen molar-refractivity contribution >= 4 is 11.7 Å². The number of hydrogen-bond acceptors (Lipinski definition) is 2. The molecule has 2 amide bonds. The van der Waals surface area contributed by atoms with Gasteiger partial charge in [0.1, 0.15) is 18.2 Å². The number of anilines is 1. The predicted molar refractivity (Wildman–Crippen MR) is 94.1 cm³/mol. The lowest BCUT2D eigenvalue weighted by Gasteiger charge is -2.19. The summed E-state index contributed by atoms with van der Waals surface area (Å²) in [5.41, 5.74) is 1.75. The summed E-state index contributed by atoms with van der Waals surface area (Å²) in [7, 11) is 0. The summed E-state index contributed by atoms with van der Waals surface area (Å²) >= 11 is 0. The Bertz CT molecular complexity index is 679. The highest BCUT2D eigenvalue weighted by Gasteiger charge is 2.12. The summed E-state index contributed by atoms with van der Waals surface area (Å²) in [4.78, 5) is 11.7. The van der Waals surface area contributed by atoms with Crippen LogP contribution in [0, 0.1) is 5.82 Å². The van der Waals surface area contributed by atoms with Gasteiger partial charge in [-0.2, -0.15) is 0 Å². The van der Waals surface area contributed by atoms with Crippen molar-refractivity contribution in [1.82, 2.24) is 5.32 Å². The van der Waals surface area contributed by atoms with Gasteiger partial charge in [-0.25, -0.2) is 9.18 Å². The fraction of sp³-hybridized carbons (Fsp3) is 0.316. The molecule has 0 aliphatic carbocycles. The second-order valence-electron chi connectivity index (χ2n) is 6.51. The Morgan fingerprint density at radius 1 is 1.12 bits per heavy atom. The first-order valence-corrected chi connectivity index (χ1v) is 7.88. The lowest BCUT2D eigenvalue weighted by molar-refractivity contribution is 0.247. The van der Waals surface area contributed by atoms with Crippen molar-refractivity contribution < 1.29 is 13.9 Å². The SMILES string of the molecule is CC(C)(C)c1ccc(OCCNC(=O)Nc2cccc(F)c2)cc1. The number of amides is 2. The number of carbonyl (C=O) groups excluding carboxylic acids is 1. The number of halogens is 1. The van der Waals surface area contributed by atoms with Gasteiger partial charge >= 0.3 is 6.03 Å². The Morgan fingerprint density at radius 2 is 1.83 bits per heavy atom. The number of carbonyl (C=O) groups is 1. The molecule has 2 rings (SSSR count). The van der Waals surface area contributed by atoms with Gasteiger partial charge in [0.15, 0.2) is 0 Å². The maximum atomic E-state index is 13.0. The first-order chi connectivity index (χ1) is 11.3. The lowest BCUT2D eigenvalue weighted by Crippen LogP contribution is -2.32. The van der Waals surface area contributed by atoms with Gasteiger partial charge in [-0.15, -0.1) is 0 Å². The molecule has 2 aromatic carbocycles. The largest absolute Gasteiger partial charge is 0.492 e. The van der Waals surface area contributed by atoms with Gasteiger partial charge in [0, 0.05) is 5.69 Å². The lowest BCUT2D eigenvalue weighted by atomic mass is 9.87. The van der Waals surface area contributed by atoms with E-state index in [9.17, 15) is 9.18 Å². The first-order valence-electron chi connectivity index (χ1n) is 7.88. The summed E-state index contributed by atoms with van der Waals surface area (Å²) < 4.78 is 18.6. The minimum absolute atomic E-state index is 0.106. The van der Waals surface area contributed by atoms with E-state index in [1.165, 1.54) is 23.8 Å². The van der Waals surface area contributed by atoms with Crippen LogP contribution in [0.15, 0.2) is 48.5 Å². The van der Waals surface area contributed by atoms with Crippen LogP contribution in [0.2, 0.25) is 0 Å². The van der Waals surface area contributed by atoms with E-state index in [1.807, 2.05) is 24.3 Å². The molecule has 128 valence electrons.